The SMILES string of the molecule is COC(=O)Cc1cccc(NCc2ccco2)c1CC(=O)OC. The van der Waals surface area contributed by atoms with Crippen molar-refractivity contribution in [2.24, 2.45) is 0 Å². The quantitative estimate of drug-likeness (QED) is 0.790. The molecule has 0 aliphatic carbocycles. The lowest BCUT2D eigenvalue weighted by Crippen LogP contribution is -2.13. The van der Waals surface area contributed by atoms with E-state index in [1.54, 1.807) is 18.4 Å². The minimum atomic E-state index is -0.372. The van der Waals surface area contributed by atoms with Crippen LogP contribution >= 0.6 is 0 Å². The highest BCUT2D eigenvalue weighted by Crippen LogP contribution is 2.23. The van der Waals surface area contributed by atoms with Gasteiger partial charge in [-0.1, -0.05) is 12.1 Å². The molecule has 6 nitrogen and oxygen atoms in total. The van der Waals surface area contributed by atoms with E-state index < -0.39 is 0 Å². The average Bonchev–Trinajstić information content (AvgIpc) is 3.08. The van der Waals surface area contributed by atoms with Gasteiger partial charge in [0.05, 0.1) is 39.9 Å². The molecule has 0 unspecified atom stereocenters. The molecule has 0 amide bonds. The third-order valence-electron chi connectivity index (χ3n) is 3.42. The van der Waals surface area contributed by atoms with Crippen LogP contribution < -0.4 is 5.32 Å². The van der Waals surface area contributed by atoms with Crippen LogP contribution in [0.3, 0.4) is 0 Å². The van der Waals surface area contributed by atoms with Gasteiger partial charge in [0, 0.05) is 5.69 Å². The summed E-state index contributed by atoms with van der Waals surface area (Å²) in [7, 11) is 2.67. The van der Waals surface area contributed by atoms with Gasteiger partial charge in [0.15, 0.2) is 0 Å². The molecule has 0 aliphatic rings. The summed E-state index contributed by atoms with van der Waals surface area (Å²) in [5.74, 6) is 0.0371. The van der Waals surface area contributed by atoms with Crippen LogP contribution in [0.2, 0.25) is 0 Å². The Morgan fingerprint density at radius 3 is 2.43 bits per heavy atom. The Morgan fingerprint density at radius 2 is 1.78 bits per heavy atom. The number of nitrogens with one attached hydrogen (secondary N) is 1. The van der Waals surface area contributed by atoms with E-state index in [1.807, 2.05) is 18.2 Å². The first-order valence-electron chi connectivity index (χ1n) is 7.14. The first kappa shape index (κ1) is 16.6. The number of furan rings is 1. The second kappa shape index (κ2) is 8.03. The monoisotopic (exact) mass is 317 g/mol. The van der Waals surface area contributed by atoms with Gasteiger partial charge >= 0.3 is 11.9 Å². The van der Waals surface area contributed by atoms with Gasteiger partial charge in [-0.05, 0) is 29.3 Å². The van der Waals surface area contributed by atoms with Gasteiger partial charge in [-0.2, -0.15) is 0 Å². The minimum Gasteiger partial charge on any atom is -0.469 e. The van der Waals surface area contributed by atoms with Gasteiger partial charge in [0.1, 0.15) is 5.76 Å². The largest absolute Gasteiger partial charge is 0.469 e. The van der Waals surface area contributed by atoms with Crippen LogP contribution in [-0.2, 0) is 38.4 Å². The number of hydrogen-bond acceptors (Lipinski definition) is 6. The molecule has 0 saturated heterocycles. The van der Waals surface area contributed by atoms with Crippen LogP contribution in [0.4, 0.5) is 5.69 Å². The van der Waals surface area contributed by atoms with Gasteiger partial charge in [0.25, 0.3) is 0 Å². The number of benzene rings is 1. The van der Waals surface area contributed by atoms with E-state index >= 15 is 0 Å². The molecule has 2 aromatic rings. The molecule has 2 rings (SSSR count). The van der Waals surface area contributed by atoms with Crippen molar-refractivity contribution in [3.8, 4) is 0 Å². The molecule has 1 aromatic heterocycles. The predicted molar refractivity (Wildman–Crippen MR) is 83.9 cm³/mol. The normalized spacial score (nSPS) is 10.2. The van der Waals surface area contributed by atoms with Crippen LogP contribution in [0.15, 0.2) is 41.0 Å². The van der Waals surface area contributed by atoms with E-state index in [4.69, 9.17) is 13.9 Å². The molecule has 1 N–H and O–H groups in total. The number of methoxy groups -OCH3 is 2. The fraction of sp³-hybridized carbons (Fsp3) is 0.294. The zero-order chi connectivity index (χ0) is 16.7. The summed E-state index contributed by atoms with van der Waals surface area (Å²) in [4.78, 5) is 23.3. The lowest BCUT2D eigenvalue weighted by molar-refractivity contribution is -0.141. The van der Waals surface area contributed by atoms with Crippen molar-refractivity contribution in [2.45, 2.75) is 19.4 Å². The standard InChI is InChI=1S/C17H19NO5/c1-21-16(19)9-12-5-3-7-15(14(12)10-17(20)22-2)18-11-13-6-4-8-23-13/h3-8,18H,9-11H2,1-2H3. The lowest BCUT2D eigenvalue weighted by Gasteiger charge is -2.15. The molecule has 0 saturated carbocycles. The molecule has 0 bridgehead atoms. The van der Waals surface area contributed by atoms with E-state index in [9.17, 15) is 9.59 Å². The fourth-order valence-electron chi connectivity index (χ4n) is 2.21. The molecule has 0 radical (unpaired) electrons. The van der Waals surface area contributed by atoms with E-state index in [0.717, 1.165) is 22.6 Å². The maximum Gasteiger partial charge on any atom is 0.310 e. The van der Waals surface area contributed by atoms with Gasteiger partial charge in [-0.15, -0.1) is 0 Å². The Balaban J connectivity index is 2.25. The Labute approximate surface area is 134 Å². The second-order valence-electron chi connectivity index (χ2n) is 4.88. The number of esters is 2. The Bertz CT molecular complexity index is 664. The third kappa shape index (κ3) is 4.60. The minimum absolute atomic E-state index is 0.0736. The number of carbonyl (C=O) groups excluding carboxylic acids is 2. The molecular formula is C17H19NO5. The number of ether oxygens (including phenoxy) is 2. The van der Waals surface area contributed by atoms with Gasteiger partial charge in [0.2, 0.25) is 0 Å². The highest BCUT2D eigenvalue weighted by Gasteiger charge is 2.15. The molecule has 0 aliphatic heterocycles. The molecule has 1 aromatic carbocycles. The van der Waals surface area contributed by atoms with E-state index in [-0.39, 0.29) is 24.8 Å². The van der Waals surface area contributed by atoms with Crippen molar-refractivity contribution in [2.75, 3.05) is 19.5 Å². The van der Waals surface area contributed by atoms with Crippen LogP contribution in [0.1, 0.15) is 16.9 Å². The molecule has 0 atom stereocenters. The Kier molecular flexibility index (Phi) is 5.80. The fourth-order valence-corrected chi connectivity index (χ4v) is 2.21. The van der Waals surface area contributed by atoms with Gasteiger partial charge in [-0.25, -0.2) is 0 Å². The first-order valence-corrected chi connectivity index (χ1v) is 7.14. The summed E-state index contributed by atoms with van der Waals surface area (Å²) < 4.78 is 14.7. The Morgan fingerprint density at radius 1 is 1.04 bits per heavy atom. The zero-order valence-electron chi connectivity index (χ0n) is 13.1. The molecule has 122 valence electrons. The average molecular weight is 317 g/mol. The van der Waals surface area contributed by atoms with Crippen molar-refractivity contribution in [3.63, 3.8) is 0 Å². The highest BCUT2D eigenvalue weighted by molar-refractivity contribution is 5.79. The maximum atomic E-state index is 11.7. The summed E-state index contributed by atoms with van der Waals surface area (Å²) in [6.07, 6.45) is 1.77. The number of carbonyl (C=O) groups is 2. The summed E-state index contributed by atoms with van der Waals surface area (Å²) >= 11 is 0. The van der Waals surface area contributed by atoms with Crippen LogP contribution in [-0.4, -0.2) is 26.2 Å². The predicted octanol–water partition coefficient (Wildman–Crippen LogP) is 2.32. The summed E-state index contributed by atoms with van der Waals surface area (Å²) in [6.45, 7) is 0.475. The molecule has 1 heterocycles. The topological polar surface area (TPSA) is 77.8 Å². The number of rotatable bonds is 7. The van der Waals surface area contributed by atoms with E-state index in [1.165, 1.54) is 14.2 Å². The Hall–Kier alpha value is -2.76. The molecule has 0 spiro atoms. The van der Waals surface area contributed by atoms with Crippen LogP contribution in [0.25, 0.3) is 0 Å². The lowest BCUT2D eigenvalue weighted by atomic mass is 9.99. The summed E-state index contributed by atoms with van der Waals surface area (Å²) in [6, 6.07) is 9.13. The molecule has 23 heavy (non-hydrogen) atoms. The summed E-state index contributed by atoms with van der Waals surface area (Å²) in [5, 5.41) is 3.22. The molecular weight excluding hydrogens is 298 g/mol. The third-order valence-corrected chi connectivity index (χ3v) is 3.42. The smallest absolute Gasteiger partial charge is 0.310 e. The molecule has 0 fully saturated rings. The molecule has 6 heteroatoms. The second-order valence-corrected chi connectivity index (χ2v) is 4.88. The van der Waals surface area contributed by atoms with E-state index in [0.29, 0.717) is 6.54 Å². The van der Waals surface area contributed by atoms with Gasteiger partial charge in [-0.3, -0.25) is 9.59 Å². The first-order chi connectivity index (χ1) is 11.1. The van der Waals surface area contributed by atoms with Crippen molar-refractivity contribution in [1.29, 1.82) is 0 Å². The van der Waals surface area contributed by atoms with Crippen LogP contribution in [0.5, 0.6) is 0 Å². The van der Waals surface area contributed by atoms with Crippen molar-refractivity contribution < 1.29 is 23.5 Å². The zero-order valence-corrected chi connectivity index (χ0v) is 13.1. The summed E-state index contributed by atoms with van der Waals surface area (Å²) in [5.41, 5.74) is 2.20. The van der Waals surface area contributed by atoms with Crippen LogP contribution in [0, 0.1) is 0 Å². The number of anilines is 1. The highest BCUT2D eigenvalue weighted by atomic mass is 16.5. The number of hydrogen-bond donors (Lipinski definition) is 1. The van der Waals surface area contributed by atoms with E-state index in [2.05, 4.69) is 5.32 Å². The van der Waals surface area contributed by atoms with Gasteiger partial charge < -0.3 is 19.2 Å². The van der Waals surface area contributed by atoms with Crippen molar-refractivity contribution in [1.82, 2.24) is 0 Å². The van der Waals surface area contributed by atoms with Crippen molar-refractivity contribution in [3.05, 3.63) is 53.5 Å². The maximum absolute atomic E-state index is 11.7. The van der Waals surface area contributed by atoms with Crippen molar-refractivity contribution >= 4 is 17.6 Å².